The molecule has 0 spiro atoms. The minimum atomic E-state index is 0.710. The lowest BCUT2D eigenvalue weighted by Crippen LogP contribution is -2.01. The van der Waals surface area contributed by atoms with Gasteiger partial charge in [0.25, 0.3) is 0 Å². The van der Waals surface area contributed by atoms with E-state index in [1.54, 1.807) is 0 Å². The predicted molar refractivity (Wildman–Crippen MR) is 153 cm³/mol. The van der Waals surface area contributed by atoms with Gasteiger partial charge in [-0.15, -0.1) is 0 Å². The van der Waals surface area contributed by atoms with Gasteiger partial charge in [-0.2, -0.15) is 0 Å². The summed E-state index contributed by atoms with van der Waals surface area (Å²) in [6.45, 7) is 1.42. The fraction of sp³-hybridized carbons (Fsp3) is 0.143. The molecule has 0 aromatic heterocycles. The Morgan fingerprint density at radius 2 is 0.622 bits per heavy atom. The van der Waals surface area contributed by atoms with Gasteiger partial charge in [0.2, 0.25) is 0 Å². The van der Waals surface area contributed by atoms with Gasteiger partial charge >= 0.3 is 0 Å². The third-order valence-corrected chi connectivity index (χ3v) is 6.92. The van der Waals surface area contributed by atoms with Crippen molar-refractivity contribution in [2.75, 3.05) is 13.2 Å². The van der Waals surface area contributed by atoms with Crippen molar-refractivity contribution in [1.82, 2.24) is 0 Å². The summed E-state index contributed by atoms with van der Waals surface area (Å²) in [4.78, 5) is 0. The first kappa shape index (κ1) is 23.1. The number of ether oxygens (including phenoxy) is 2. The average Bonchev–Trinajstić information content (AvgIpc) is 2.97. The molecule has 1 aliphatic heterocycles. The Morgan fingerprint density at radius 1 is 0.324 bits per heavy atom. The van der Waals surface area contributed by atoms with E-state index >= 15 is 0 Å². The summed E-state index contributed by atoms with van der Waals surface area (Å²) in [6, 6.07) is 43.1. The molecule has 5 aromatic carbocycles. The molecule has 2 nitrogen and oxygen atoms in total. The third kappa shape index (κ3) is 5.44. The number of hydrogen-bond donors (Lipinski definition) is 0. The molecule has 10 bridgehead atoms. The normalized spacial score (nSPS) is 13.3. The summed E-state index contributed by atoms with van der Waals surface area (Å²) in [5.74, 6) is 1.83. The average molecular weight is 483 g/mol. The fourth-order valence-corrected chi connectivity index (χ4v) is 4.93. The van der Waals surface area contributed by atoms with Crippen molar-refractivity contribution in [3.63, 3.8) is 0 Å². The van der Waals surface area contributed by atoms with Crippen LogP contribution in [0, 0.1) is 0 Å². The maximum absolute atomic E-state index is 6.08. The minimum Gasteiger partial charge on any atom is -0.494 e. The van der Waals surface area contributed by atoms with E-state index in [-0.39, 0.29) is 0 Å². The molecule has 0 unspecified atom stereocenters. The van der Waals surface area contributed by atoms with Crippen LogP contribution in [0.3, 0.4) is 0 Å². The van der Waals surface area contributed by atoms with E-state index in [1.165, 1.54) is 44.5 Å². The van der Waals surface area contributed by atoms with Gasteiger partial charge in [0.15, 0.2) is 0 Å². The Kier molecular flexibility index (Phi) is 6.72. The topological polar surface area (TPSA) is 18.5 Å². The second kappa shape index (κ2) is 10.8. The van der Waals surface area contributed by atoms with Crippen LogP contribution >= 0.6 is 0 Å². The Labute approximate surface area is 219 Å². The van der Waals surface area contributed by atoms with Crippen molar-refractivity contribution in [3.8, 4) is 56.0 Å². The molecule has 0 atom stereocenters. The van der Waals surface area contributed by atoms with E-state index in [0.717, 1.165) is 30.8 Å². The number of benzene rings is 5. The van der Waals surface area contributed by atoms with Crippen LogP contribution in [0.4, 0.5) is 0 Å². The van der Waals surface area contributed by atoms with Crippen molar-refractivity contribution in [3.05, 3.63) is 121 Å². The number of fused-ring (bicyclic) bond motifs is 14. The highest BCUT2D eigenvalue weighted by atomic mass is 16.5. The number of rotatable bonds is 0. The van der Waals surface area contributed by atoms with Gasteiger partial charge < -0.3 is 9.47 Å². The molecular weight excluding hydrogens is 452 g/mol. The molecule has 0 aliphatic carbocycles. The van der Waals surface area contributed by atoms with Crippen LogP contribution in [0.25, 0.3) is 44.5 Å². The van der Waals surface area contributed by atoms with Crippen LogP contribution in [0.5, 0.6) is 11.5 Å². The first-order valence-electron chi connectivity index (χ1n) is 13.1. The molecule has 0 fully saturated rings. The smallest absolute Gasteiger partial charge is 0.119 e. The van der Waals surface area contributed by atoms with Gasteiger partial charge in [0.05, 0.1) is 13.2 Å². The van der Waals surface area contributed by atoms with Crippen LogP contribution in [-0.2, 0) is 0 Å². The fourth-order valence-electron chi connectivity index (χ4n) is 4.93. The molecule has 1 heterocycles. The van der Waals surface area contributed by atoms with E-state index in [4.69, 9.17) is 9.47 Å². The molecule has 0 radical (unpaired) electrons. The maximum atomic E-state index is 6.08. The zero-order valence-electron chi connectivity index (χ0n) is 20.9. The molecule has 182 valence electrons. The van der Waals surface area contributed by atoms with Crippen LogP contribution in [0.2, 0.25) is 0 Å². The SMILES string of the molecule is c1cc2cc(c1)-c1cccc(c1)-c1cccc(c1)-c1cccc(c1)-c1cccc(c1)OCCCCCO2. The van der Waals surface area contributed by atoms with Gasteiger partial charge in [0.1, 0.15) is 11.5 Å². The molecule has 37 heavy (non-hydrogen) atoms. The summed E-state index contributed by atoms with van der Waals surface area (Å²) in [5, 5.41) is 0. The molecular formula is C35H30O2. The monoisotopic (exact) mass is 482 g/mol. The van der Waals surface area contributed by atoms with Crippen molar-refractivity contribution >= 4 is 0 Å². The highest BCUT2D eigenvalue weighted by Crippen LogP contribution is 2.33. The highest BCUT2D eigenvalue weighted by Gasteiger charge is 2.08. The van der Waals surface area contributed by atoms with E-state index < -0.39 is 0 Å². The molecule has 5 aromatic rings. The summed E-state index contributed by atoms with van der Waals surface area (Å²) >= 11 is 0. The number of hydrogen-bond acceptors (Lipinski definition) is 2. The van der Waals surface area contributed by atoms with Crippen LogP contribution in [0.15, 0.2) is 121 Å². The van der Waals surface area contributed by atoms with Crippen molar-refractivity contribution in [2.45, 2.75) is 19.3 Å². The summed E-state index contributed by atoms with van der Waals surface area (Å²) in [6.07, 6.45) is 3.08. The first-order chi connectivity index (χ1) is 18.3. The molecule has 6 rings (SSSR count). The highest BCUT2D eigenvalue weighted by molar-refractivity contribution is 5.79. The van der Waals surface area contributed by atoms with E-state index in [0.29, 0.717) is 13.2 Å². The van der Waals surface area contributed by atoms with Crippen LogP contribution < -0.4 is 9.47 Å². The summed E-state index contributed by atoms with van der Waals surface area (Å²) < 4.78 is 12.2. The van der Waals surface area contributed by atoms with Gasteiger partial charge in [-0.25, -0.2) is 0 Å². The standard InChI is InChI=1S/C35H30O2/c1-2-19-36-34-17-7-15-32(24-34)30-13-5-11-28(22-30)26-9-4-10-27(21-26)29-12-6-14-31(23-29)33-16-8-18-35(25-33)37-20-3-1/h4-18,21-25H,1-3,19-20H2. The van der Waals surface area contributed by atoms with Gasteiger partial charge in [0, 0.05) is 0 Å². The van der Waals surface area contributed by atoms with Crippen molar-refractivity contribution in [2.24, 2.45) is 0 Å². The molecule has 0 saturated carbocycles. The van der Waals surface area contributed by atoms with E-state index in [2.05, 4.69) is 109 Å². The predicted octanol–water partition coefficient (Wildman–Crippen LogP) is 9.30. The molecule has 2 heteroatoms. The summed E-state index contributed by atoms with van der Waals surface area (Å²) in [7, 11) is 0. The second-order valence-electron chi connectivity index (χ2n) is 9.56. The Morgan fingerprint density at radius 3 is 0.973 bits per heavy atom. The Hall–Kier alpha value is -4.30. The first-order valence-corrected chi connectivity index (χ1v) is 13.1. The molecule has 0 amide bonds. The van der Waals surface area contributed by atoms with Gasteiger partial charge in [-0.1, -0.05) is 78.9 Å². The quantitative estimate of drug-likeness (QED) is 0.219. The van der Waals surface area contributed by atoms with Crippen molar-refractivity contribution < 1.29 is 9.47 Å². The lowest BCUT2D eigenvalue weighted by atomic mass is 9.95. The van der Waals surface area contributed by atoms with Gasteiger partial charge in [-0.3, -0.25) is 0 Å². The maximum Gasteiger partial charge on any atom is 0.119 e. The minimum absolute atomic E-state index is 0.710. The van der Waals surface area contributed by atoms with E-state index in [1.807, 2.05) is 12.1 Å². The Balaban J connectivity index is 1.41. The van der Waals surface area contributed by atoms with Crippen LogP contribution in [-0.4, -0.2) is 13.2 Å². The van der Waals surface area contributed by atoms with Gasteiger partial charge in [-0.05, 0) is 106 Å². The lowest BCUT2D eigenvalue weighted by molar-refractivity contribution is 0.279. The zero-order valence-corrected chi connectivity index (χ0v) is 20.9. The zero-order chi connectivity index (χ0) is 24.9. The molecule has 1 aliphatic rings. The second-order valence-corrected chi connectivity index (χ2v) is 9.56. The largest absolute Gasteiger partial charge is 0.494 e. The third-order valence-electron chi connectivity index (χ3n) is 6.92. The van der Waals surface area contributed by atoms with Crippen molar-refractivity contribution in [1.29, 1.82) is 0 Å². The van der Waals surface area contributed by atoms with Crippen LogP contribution in [0.1, 0.15) is 19.3 Å². The lowest BCUT2D eigenvalue weighted by Gasteiger charge is -2.12. The Bertz CT molecular complexity index is 1410. The molecule has 0 saturated heterocycles. The molecule has 0 N–H and O–H groups in total. The summed E-state index contributed by atoms with van der Waals surface area (Å²) in [5.41, 5.74) is 9.52. The van der Waals surface area contributed by atoms with E-state index in [9.17, 15) is 0 Å².